The molecule has 2 atom stereocenters. The molecule has 3 saturated heterocycles. The highest BCUT2D eigenvalue weighted by Crippen LogP contribution is 2.29. The van der Waals surface area contributed by atoms with Crippen molar-refractivity contribution in [1.82, 2.24) is 19.4 Å². The van der Waals surface area contributed by atoms with Crippen molar-refractivity contribution in [2.45, 2.75) is 31.0 Å². The van der Waals surface area contributed by atoms with Gasteiger partial charge in [0.05, 0.1) is 12.1 Å². The van der Waals surface area contributed by atoms with Crippen LogP contribution in [0.3, 0.4) is 0 Å². The third kappa shape index (κ3) is 2.59. The maximum absolute atomic E-state index is 12.7. The van der Waals surface area contributed by atoms with E-state index in [0.29, 0.717) is 32.1 Å². The normalized spacial score (nSPS) is 28.3. The van der Waals surface area contributed by atoms with Gasteiger partial charge < -0.3 is 23.8 Å². The van der Waals surface area contributed by atoms with Crippen LogP contribution in [0.25, 0.3) is 0 Å². The average molecular weight is 334 g/mol. The van der Waals surface area contributed by atoms with Crippen LogP contribution in [0.15, 0.2) is 12.4 Å². The fourth-order valence-electron chi connectivity index (χ4n) is 3.94. The lowest BCUT2D eigenvalue weighted by Crippen LogP contribution is -2.58. The van der Waals surface area contributed by atoms with Gasteiger partial charge in [-0.1, -0.05) is 0 Å². The number of ether oxygens (including phenoxy) is 2. The van der Waals surface area contributed by atoms with Crippen LogP contribution in [0.5, 0.6) is 0 Å². The minimum atomic E-state index is -0.116. The summed E-state index contributed by atoms with van der Waals surface area (Å²) in [6.45, 7) is 2.47. The molecule has 8 nitrogen and oxygen atoms in total. The standard InChI is InChI=1S/C16H22N4O4/c1-18-5-4-17-15(18)16(22)19-8-12-13(9-19)24-10-14(21)20(12)11-2-6-23-7-3-11/h4-5,11-13H,2-3,6-10H2,1H3/t12-,13-/m0/s1. The van der Waals surface area contributed by atoms with E-state index in [1.807, 2.05) is 4.90 Å². The summed E-state index contributed by atoms with van der Waals surface area (Å²) in [5.74, 6) is 0.326. The van der Waals surface area contributed by atoms with Gasteiger partial charge in [0, 0.05) is 51.8 Å². The Morgan fingerprint density at radius 1 is 1.29 bits per heavy atom. The Morgan fingerprint density at radius 2 is 2.08 bits per heavy atom. The first-order chi connectivity index (χ1) is 11.6. The van der Waals surface area contributed by atoms with Crippen molar-refractivity contribution in [2.75, 3.05) is 32.9 Å². The van der Waals surface area contributed by atoms with Gasteiger partial charge in [-0.2, -0.15) is 0 Å². The molecule has 0 N–H and O–H groups in total. The van der Waals surface area contributed by atoms with E-state index in [-0.39, 0.29) is 36.6 Å². The van der Waals surface area contributed by atoms with E-state index in [1.165, 1.54) is 0 Å². The molecule has 3 fully saturated rings. The zero-order valence-corrected chi connectivity index (χ0v) is 13.8. The minimum absolute atomic E-state index is 0.0226. The van der Waals surface area contributed by atoms with Gasteiger partial charge >= 0.3 is 0 Å². The molecule has 0 saturated carbocycles. The molecule has 130 valence electrons. The van der Waals surface area contributed by atoms with E-state index in [4.69, 9.17) is 9.47 Å². The molecule has 4 rings (SSSR count). The van der Waals surface area contributed by atoms with E-state index in [1.54, 1.807) is 28.9 Å². The van der Waals surface area contributed by atoms with E-state index in [2.05, 4.69) is 4.98 Å². The Kier molecular flexibility index (Phi) is 4.01. The SMILES string of the molecule is Cn1ccnc1C(=O)N1C[C@@H]2OCC(=O)N(C3CCOCC3)[C@H]2C1. The lowest BCUT2D eigenvalue weighted by atomic mass is 10.0. The number of aromatic nitrogens is 2. The van der Waals surface area contributed by atoms with Crippen LogP contribution >= 0.6 is 0 Å². The number of rotatable bonds is 2. The Bertz CT molecular complexity index is 640. The molecule has 0 unspecified atom stereocenters. The Morgan fingerprint density at radius 3 is 2.79 bits per heavy atom. The summed E-state index contributed by atoms with van der Waals surface area (Å²) < 4.78 is 12.8. The quantitative estimate of drug-likeness (QED) is 0.739. The van der Waals surface area contributed by atoms with Crippen LogP contribution < -0.4 is 0 Å². The van der Waals surface area contributed by atoms with Crippen molar-refractivity contribution in [3.63, 3.8) is 0 Å². The first-order valence-corrected chi connectivity index (χ1v) is 8.42. The second-order valence-corrected chi connectivity index (χ2v) is 6.63. The second-order valence-electron chi connectivity index (χ2n) is 6.63. The summed E-state index contributed by atoms with van der Waals surface area (Å²) in [7, 11) is 1.80. The number of hydrogen-bond donors (Lipinski definition) is 0. The number of amides is 2. The zero-order chi connectivity index (χ0) is 16.7. The Labute approximate surface area is 140 Å². The summed E-state index contributed by atoms with van der Waals surface area (Å²) in [6, 6.07) is 0.115. The number of likely N-dealkylation sites (tertiary alicyclic amines) is 1. The van der Waals surface area contributed by atoms with Crippen LogP contribution in [0.2, 0.25) is 0 Å². The number of imidazole rings is 1. The Balaban J connectivity index is 1.52. The highest BCUT2D eigenvalue weighted by Gasteiger charge is 2.47. The number of hydrogen-bond acceptors (Lipinski definition) is 5. The molecule has 0 spiro atoms. The molecule has 24 heavy (non-hydrogen) atoms. The maximum atomic E-state index is 12.7. The Hall–Kier alpha value is -1.93. The van der Waals surface area contributed by atoms with Crippen LogP contribution in [0, 0.1) is 0 Å². The third-order valence-corrected chi connectivity index (χ3v) is 5.19. The fourth-order valence-corrected chi connectivity index (χ4v) is 3.94. The van der Waals surface area contributed by atoms with Crippen molar-refractivity contribution in [2.24, 2.45) is 7.05 Å². The van der Waals surface area contributed by atoms with Gasteiger partial charge in [0.25, 0.3) is 5.91 Å². The second kappa shape index (κ2) is 6.18. The molecule has 1 aromatic heterocycles. The van der Waals surface area contributed by atoms with Crippen LogP contribution in [-0.2, 0) is 21.3 Å². The minimum Gasteiger partial charge on any atom is -0.381 e. The smallest absolute Gasteiger partial charge is 0.290 e. The highest BCUT2D eigenvalue weighted by molar-refractivity contribution is 5.91. The number of aryl methyl sites for hydroxylation is 1. The average Bonchev–Trinajstić information content (AvgIpc) is 3.21. The van der Waals surface area contributed by atoms with E-state index < -0.39 is 0 Å². The van der Waals surface area contributed by atoms with Gasteiger partial charge in [-0.25, -0.2) is 4.98 Å². The summed E-state index contributed by atoms with van der Waals surface area (Å²) in [5.41, 5.74) is 0. The van der Waals surface area contributed by atoms with E-state index >= 15 is 0 Å². The summed E-state index contributed by atoms with van der Waals surface area (Å²) in [5, 5.41) is 0. The van der Waals surface area contributed by atoms with Crippen LogP contribution in [-0.4, -0.2) is 82.3 Å². The molecule has 0 aromatic carbocycles. The van der Waals surface area contributed by atoms with Gasteiger partial charge in [0.2, 0.25) is 5.91 Å². The predicted octanol–water partition coefficient (Wildman–Crippen LogP) is -0.349. The topological polar surface area (TPSA) is 76.9 Å². The molecule has 4 heterocycles. The molecule has 2 amide bonds. The lowest BCUT2D eigenvalue weighted by Gasteiger charge is -2.43. The summed E-state index contributed by atoms with van der Waals surface area (Å²) in [6.07, 6.45) is 4.95. The molecule has 3 aliphatic rings. The monoisotopic (exact) mass is 334 g/mol. The lowest BCUT2D eigenvalue weighted by molar-refractivity contribution is -0.159. The first kappa shape index (κ1) is 15.6. The van der Waals surface area contributed by atoms with Gasteiger partial charge in [-0.3, -0.25) is 9.59 Å². The maximum Gasteiger partial charge on any atom is 0.290 e. The number of nitrogens with zero attached hydrogens (tertiary/aromatic N) is 4. The summed E-state index contributed by atoms with van der Waals surface area (Å²) in [4.78, 5) is 33.0. The van der Waals surface area contributed by atoms with Crippen molar-refractivity contribution < 1.29 is 19.1 Å². The number of carbonyl (C=O) groups is 2. The fraction of sp³-hybridized carbons (Fsp3) is 0.688. The zero-order valence-electron chi connectivity index (χ0n) is 13.8. The molecule has 0 bridgehead atoms. The van der Waals surface area contributed by atoms with Gasteiger partial charge in [-0.05, 0) is 12.8 Å². The molecule has 0 aliphatic carbocycles. The van der Waals surface area contributed by atoms with Crippen molar-refractivity contribution >= 4 is 11.8 Å². The number of morpholine rings is 1. The van der Waals surface area contributed by atoms with Crippen molar-refractivity contribution in [1.29, 1.82) is 0 Å². The third-order valence-electron chi connectivity index (χ3n) is 5.19. The van der Waals surface area contributed by atoms with Crippen molar-refractivity contribution in [3.05, 3.63) is 18.2 Å². The van der Waals surface area contributed by atoms with E-state index in [0.717, 1.165) is 12.8 Å². The first-order valence-electron chi connectivity index (χ1n) is 8.42. The molecular formula is C16H22N4O4. The van der Waals surface area contributed by atoms with Crippen LogP contribution in [0.4, 0.5) is 0 Å². The predicted molar refractivity (Wildman–Crippen MR) is 83.3 cm³/mol. The van der Waals surface area contributed by atoms with Crippen LogP contribution in [0.1, 0.15) is 23.5 Å². The van der Waals surface area contributed by atoms with Gasteiger partial charge in [0.15, 0.2) is 5.82 Å². The summed E-state index contributed by atoms with van der Waals surface area (Å²) >= 11 is 0. The van der Waals surface area contributed by atoms with Gasteiger partial charge in [-0.15, -0.1) is 0 Å². The highest BCUT2D eigenvalue weighted by atomic mass is 16.5. The molecule has 1 aromatic rings. The van der Waals surface area contributed by atoms with E-state index in [9.17, 15) is 9.59 Å². The van der Waals surface area contributed by atoms with Gasteiger partial charge in [0.1, 0.15) is 6.61 Å². The molecule has 8 heteroatoms. The number of carbonyl (C=O) groups excluding carboxylic acids is 2. The number of fused-ring (bicyclic) bond motifs is 1. The molecular weight excluding hydrogens is 312 g/mol. The molecule has 3 aliphatic heterocycles. The molecule has 0 radical (unpaired) electrons. The largest absolute Gasteiger partial charge is 0.381 e. The van der Waals surface area contributed by atoms with Crippen molar-refractivity contribution in [3.8, 4) is 0 Å².